The van der Waals surface area contributed by atoms with Crippen LogP contribution in [0, 0.1) is 5.41 Å². The number of hydrogen-bond acceptors (Lipinski definition) is 5. The molecule has 1 saturated heterocycles. The van der Waals surface area contributed by atoms with Gasteiger partial charge in [0.05, 0.1) is 23.8 Å². The van der Waals surface area contributed by atoms with Gasteiger partial charge in [-0.15, -0.1) is 0 Å². The van der Waals surface area contributed by atoms with Gasteiger partial charge in [0, 0.05) is 30.6 Å². The fourth-order valence-electron chi connectivity index (χ4n) is 5.21. The third-order valence-electron chi connectivity index (χ3n) is 6.73. The number of hydrogen-bond donors (Lipinski definition) is 2. The van der Waals surface area contributed by atoms with E-state index in [0.29, 0.717) is 6.54 Å². The summed E-state index contributed by atoms with van der Waals surface area (Å²) in [5.74, 6) is 0.894. The number of aliphatic hydroxyl groups is 1. The summed E-state index contributed by atoms with van der Waals surface area (Å²) in [6.45, 7) is 3.22. The van der Waals surface area contributed by atoms with E-state index in [9.17, 15) is 5.11 Å². The van der Waals surface area contributed by atoms with Crippen molar-refractivity contribution in [1.29, 1.82) is 0 Å². The fraction of sp³-hybridized carbons (Fsp3) is 0.524. The van der Waals surface area contributed by atoms with Gasteiger partial charge in [-0.3, -0.25) is 0 Å². The lowest BCUT2D eigenvalue weighted by atomic mass is 9.66. The molecular formula is C21H27N5O. The monoisotopic (exact) mass is 365 g/mol. The molecule has 1 spiro atoms. The second-order valence-corrected chi connectivity index (χ2v) is 8.34. The zero-order chi connectivity index (χ0) is 18.3. The molecule has 2 N–H and O–H groups in total. The minimum absolute atomic E-state index is 0.0214. The van der Waals surface area contributed by atoms with Crippen LogP contribution in [-0.2, 0) is 6.54 Å². The van der Waals surface area contributed by atoms with Crippen molar-refractivity contribution in [1.82, 2.24) is 20.0 Å². The Morgan fingerprint density at radius 2 is 1.93 bits per heavy atom. The highest BCUT2D eigenvalue weighted by molar-refractivity contribution is 5.66. The van der Waals surface area contributed by atoms with Gasteiger partial charge in [-0.1, -0.05) is 31.0 Å². The summed E-state index contributed by atoms with van der Waals surface area (Å²) in [5.41, 5.74) is 1.51. The Kier molecular flexibility index (Phi) is 4.06. The second-order valence-electron chi connectivity index (χ2n) is 8.34. The molecule has 3 aliphatic rings. The number of benzene rings is 1. The first-order chi connectivity index (χ1) is 13.2. The van der Waals surface area contributed by atoms with E-state index in [1.807, 2.05) is 47.5 Å². The average molecular weight is 365 g/mol. The molecule has 6 nitrogen and oxygen atoms in total. The van der Waals surface area contributed by atoms with Gasteiger partial charge in [0.2, 0.25) is 0 Å². The molecule has 5 rings (SSSR count). The summed E-state index contributed by atoms with van der Waals surface area (Å²) in [7, 11) is 0. The summed E-state index contributed by atoms with van der Waals surface area (Å²) in [6.07, 6.45) is 9.32. The topological polar surface area (TPSA) is 65.7 Å². The van der Waals surface area contributed by atoms with Gasteiger partial charge in [0.15, 0.2) is 5.82 Å². The Hall–Kier alpha value is -2.18. The van der Waals surface area contributed by atoms with Crippen molar-refractivity contribution in [2.24, 2.45) is 10.4 Å². The Balaban J connectivity index is 1.38. The molecule has 6 heteroatoms. The number of piperidine rings is 1. The number of nitrogens with one attached hydrogen (secondary N) is 1. The normalized spacial score (nSPS) is 26.5. The minimum atomic E-state index is -0.645. The zero-order valence-corrected chi connectivity index (χ0v) is 15.6. The van der Waals surface area contributed by atoms with Crippen LogP contribution in [0.2, 0.25) is 0 Å². The Morgan fingerprint density at radius 3 is 2.74 bits per heavy atom. The maximum Gasteiger partial charge on any atom is 0.162 e. The standard InChI is InChI=1S/C21H27N5O/c27-21(10-11-22-14-20(21)8-4-5-9-20)15-25-13-17-12-24-26(19(17)23-16-25)18-6-2-1-3-7-18/h1-3,6-7,12,16,22,27H,4-5,8-11,13-15H2. The first-order valence-corrected chi connectivity index (χ1v) is 10.0. The van der Waals surface area contributed by atoms with Crippen molar-refractivity contribution in [3.8, 4) is 5.69 Å². The van der Waals surface area contributed by atoms with Crippen LogP contribution in [0.3, 0.4) is 0 Å². The summed E-state index contributed by atoms with van der Waals surface area (Å²) < 4.78 is 1.89. The summed E-state index contributed by atoms with van der Waals surface area (Å²) in [5, 5.41) is 19.7. The van der Waals surface area contributed by atoms with E-state index < -0.39 is 5.60 Å². The van der Waals surface area contributed by atoms with E-state index in [2.05, 4.69) is 15.3 Å². The van der Waals surface area contributed by atoms with Gasteiger partial charge in [0.25, 0.3) is 0 Å². The van der Waals surface area contributed by atoms with Crippen molar-refractivity contribution in [3.05, 3.63) is 42.1 Å². The molecule has 0 bridgehead atoms. The number of nitrogens with zero attached hydrogens (tertiary/aromatic N) is 4. The zero-order valence-electron chi connectivity index (χ0n) is 15.6. The summed E-state index contributed by atoms with van der Waals surface area (Å²) >= 11 is 0. The number of para-hydroxylation sites is 1. The molecular weight excluding hydrogens is 338 g/mol. The minimum Gasteiger partial charge on any atom is -0.387 e. The van der Waals surface area contributed by atoms with Crippen molar-refractivity contribution < 1.29 is 5.11 Å². The second kappa shape index (κ2) is 6.46. The SMILES string of the molecule is OC1(CN2C=Nc3c(cnn3-c3ccccc3)C2)CCNCC12CCCC2. The van der Waals surface area contributed by atoms with Gasteiger partial charge in [-0.25, -0.2) is 9.67 Å². The maximum atomic E-state index is 11.6. The highest BCUT2D eigenvalue weighted by atomic mass is 16.3. The van der Waals surface area contributed by atoms with Gasteiger partial charge in [-0.05, 0) is 37.9 Å². The highest BCUT2D eigenvalue weighted by Crippen LogP contribution is 2.49. The summed E-state index contributed by atoms with van der Waals surface area (Å²) in [6, 6.07) is 10.1. The van der Waals surface area contributed by atoms with Crippen molar-refractivity contribution >= 4 is 12.2 Å². The lowest BCUT2D eigenvalue weighted by molar-refractivity contribution is -0.113. The van der Waals surface area contributed by atoms with E-state index in [1.165, 1.54) is 12.8 Å². The molecule has 1 saturated carbocycles. The Labute approximate surface area is 159 Å². The van der Waals surface area contributed by atoms with Crippen LogP contribution < -0.4 is 5.32 Å². The predicted molar refractivity (Wildman–Crippen MR) is 105 cm³/mol. The smallest absolute Gasteiger partial charge is 0.162 e. The first-order valence-electron chi connectivity index (χ1n) is 10.0. The number of aliphatic imine (C=N–C) groups is 1. The van der Waals surface area contributed by atoms with E-state index in [4.69, 9.17) is 4.99 Å². The first kappa shape index (κ1) is 17.0. The lowest BCUT2D eigenvalue weighted by Crippen LogP contribution is -2.62. The molecule has 0 radical (unpaired) electrons. The van der Waals surface area contributed by atoms with E-state index in [0.717, 1.165) is 56.0 Å². The quantitative estimate of drug-likeness (QED) is 0.878. The van der Waals surface area contributed by atoms with Crippen molar-refractivity contribution in [2.45, 2.75) is 44.2 Å². The molecule has 2 fully saturated rings. The molecule has 27 heavy (non-hydrogen) atoms. The largest absolute Gasteiger partial charge is 0.387 e. The van der Waals surface area contributed by atoms with E-state index in [-0.39, 0.29) is 5.41 Å². The van der Waals surface area contributed by atoms with Crippen LogP contribution in [-0.4, -0.2) is 51.4 Å². The average Bonchev–Trinajstić information content (AvgIpc) is 3.33. The molecule has 3 heterocycles. The molecule has 1 unspecified atom stereocenters. The van der Waals surface area contributed by atoms with E-state index >= 15 is 0 Å². The molecule has 1 aliphatic carbocycles. The molecule has 2 aliphatic heterocycles. The fourth-order valence-corrected chi connectivity index (χ4v) is 5.21. The Bertz CT molecular complexity index is 840. The van der Waals surface area contributed by atoms with Crippen LogP contribution in [0.25, 0.3) is 5.69 Å². The molecule has 1 aromatic carbocycles. The molecule has 1 aromatic heterocycles. The summed E-state index contributed by atoms with van der Waals surface area (Å²) in [4.78, 5) is 6.87. The van der Waals surface area contributed by atoms with Crippen molar-refractivity contribution in [2.75, 3.05) is 19.6 Å². The number of rotatable bonds is 3. The molecule has 0 amide bonds. The van der Waals surface area contributed by atoms with Crippen LogP contribution in [0.5, 0.6) is 0 Å². The molecule has 142 valence electrons. The predicted octanol–water partition coefficient (Wildman–Crippen LogP) is 2.63. The number of fused-ring (bicyclic) bond motifs is 1. The van der Waals surface area contributed by atoms with E-state index in [1.54, 1.807) is 0 Å². The maximum absolute atomic E-state index is 11.6. The number of β-amino-alcohol motifs (C(OH)–C–C–N with tert-alkyl or cyclic N) is 1. The van der Waals surface area contributed by atoms with Gasteiger partial charge >= 0.3 is 0 Å². The third kappa shape index (κ3) is 2.78. The Morgan fingerprint density at radius 1 is 1.11 bits per heavy atom. The lowest BCUT2D eigenvalue weighted by Gasteiger charge is -2.50. The van der Waals surface area contributed by atoms with Gasteiger partial charge < -0.3 is 15.3 Å². The van der Waals surface area contributed by atoms with Gasteiger partial charge in [0.1, 0.15) is 0 Å². The molecule has 1 atom stereocenters. The third-order valence-corrected chi connectivity index (χ3v) is 6.73. The van der Waals surface area contributed by atoms with Crippen LogP contribution >= 0.6 is 0 Å². The van der Waals surface area contributed by atoms with Crippen molar-refractivity contribution in [3.63, 3.8) is 0 Å². The van der Waals surface area contributed by atoms with Crippen LogP contribution in [0.4, 0.5) is 5.82 Å². The highest BCUT2D eigenvalue weighted by Gasteiger charge is 2.53. The number of aromatic nitrogens is 2. The van der Waals surface area contributed by atoms with Gasteiger partial charge in [-0.2, -0.15) is 5.10 Å². The van der Waals surface area contributed by atoms with Crippen LogP contribution in [0.15, 0.2) is 41.5 Å². The molecule has 2 aromatic rings. The van der Waals surface area contributed by atoms with Crippen LogP contribution in [0.1, 0.15) is 37.7 Å².